The summed E-state index contributed by atoms with van der Waals surface area (Å²) in [5.41, 5.74) is 6.13. The van der Waals surface area contributed by atoms with Crippen molar-refractivity contribution in [1.82, 2.24) is 5.32 Å². The molecule has 0 bridgehead atoms. The lowest BCUT2D eigenvalue weighted by atomic mass is 9.78. The van der Waals surface area contributed by atoms with Crippen molar-refractivity contribution in [2.24, 2.45) is 22.1 Å². The van der Waals surface area contributed by atoms with Crippen LogP contribution in [0.5, 0.6) is 0 Å². The van der Waals surface area contributed by atoms with Gasteiger partial charge in [-0.1, -0.05) is 47.0 Å². The van der Waals surface area contributed by atoms with Crippen LogP contribution in [0.4, 0.5) is 0 Å². The Labute approximate surface area is 154 Å². The van der Waals surface area contributed by atoms with Crippen LogP contribution in [0.2, 0.25) is 0 Å². The number of hydrogen-bond donors (Lipinski definition) is 2. The average molecular weight is 425 g/mol. The number of halogens is 1. The van der Waals surface area contributed by atoms with Gasteiger partial charge in [0.05, 0.1) is 6.10 Å². The standard InChI is InChI=1S/C17H35N3O.HI/c1-5-6-7-8-11-19-16(18)20-13-14-10-9-12-21-15(14)17(2,3)4;/h14-15H,5-13H2,1-4H3,(H3,18,19,20);1H. The van der Waals surface area contributed by atoms with E-state index in [1.54, 1.807) is 0 Å². The number of nitrogens with zero attached hydrogens (tertiary/aromatic N) is 1. The zero-order valence-corrected chi connectivity index (χ0v) is 17.2. The molecule has 2 atom stereocenters. The van der Waals surface area contributed by atoms with Crippen LogP contribution in [0, 0.1) is 11.3 Å². The van der Waals surface area contributed by atoms with Crippen LogP contribution in [0.3, 0.4) is 0 Å². The van der Waals surface area contributed by atoms with Crippen LogP contribution in [0.15, 0.2) is 4.99 Å². The molecule has 2 unspecified atom stereocenters. The van der Waals surface area contributed by atoms with Gasteiger partial charge in [0.15, 0.2) is 5.96 Å². The van der Waals surface area contributed by atoms with Crippen LogP contribution >= 0.6 is 24.0 Å². The first kappa shape index (κ1) is 22.0. The topological polar surface area (TPSA) is 59.6 Å². The Morgan fingerprint density at radius 1 is 1.27 bits per heavy atom. The molecule has 0 aromatic heterocycles. The second kappa shape index (κ2) is 11.5. The van der Waals surface area contributed by atoms with E-state index in [9.17, 15) is 0 Å². The molecule has 22 heavy (non-hydrogen) atoms. The molecule has 132 valence electrons. The molecular weight excluding hydrogens is 389 g/mol. The van der Waals surface area contributed by atoms with Gasteiger partial charge in [-0.3, -0.25) is 4.99 Å². The van der Waals surface area contributed by atoms with Crippen molar-refractivity contribution in [3.63, 3.8) is 0 Å². The summed E-state index contributed by atoms with van der Waals surface area (Å²) in [6, 6.07) is 0. The number of ether oxygens (including phenoxy) is 1. The maximum atomic E-state index is 5.98. The predicted molar refractivity (Wildman–Crippen MR) is 106 cm³/mol. The molecule has 1 aliphatic rings. The van der Waals surface area contributed by atoms with Gasteiger partial charge in [-0.25, -0.2) is 0 Å². The minimum Gasteiger partial charge on any atom is -0.377 e. The summed E-state index contributed by atoms with van der Waals surface area (Å²) in [6.07, 6.45) is 7.60. The van der Waals surface area contributed by atoms with Gasteiger partial charge in [-0.05, 0) is 24.7 Å². The summed E-state index contributed by atoms with van der Waals surface area (Å²) in [6.45, 7) is 11.5. The molecular formula is C17H36IN3O. The highest BCUT2D eigenvalue weighted by atomic mass is 127. The molecule has 0 spiro atoms. The zero-order valence-electron chi connectivity index (χ0n) is 14.9. The highest BCUT2D eigenvalue weighted by Gasteiger charge is 2.35. The van der Waals surface area contributed by atoms with Gasteiger partial charge in [0, 0.05) is 25.6 Å². The molecule has 0 aromatic carbocycles. The van der Waals surface area contributed by atoms with Gasteiger partial charge in [-0.2, -0.15) is 0 Å². The quantitative estimate of drug-likeness (QED) is 0.281. The van der Waals surface area contributed by atoms with Gasteiger partial charge in [0.2, 0.25) is 0 Å². The number of aliphatic imine (C=N–C) groups is 1. The lowest BCUT2D eigenvalue weighted by molar-refractivity contribution is -0.0823. The van der Waals surface area contributed by atoms with Crippen molar-refractivity contribution in [1.29, 1.82) is 0 Å². The fraction of sp³-hybridized carbons (Fsp3) is 0.941. The molecule has 0 radical (unpaired) electrons. The van der Waals surface area contributed by atoms with Gasteiger partial charge in [0.1, 0.15) is 0 Å². The Hall–Kier alpha value is -0.0400. The summed E-state index contributed by atoms with van der Waals surface area (Å²) in [5, 5.41) is 3.22. The highest BCUT2D eigenvalue weighted by molar-refractivity contribution is 14.0. The lowest BCUT2D eigenvalue weighted by Crippen LogP contribution is -2.42. The molecule has 1 aliphatic heterocycles. The normalized spacial score (nSPS) is 23.0. The van der Waals surface area contributed by atoms with E-state index >= 15 is 0 Å². The Kier molecular flexibility index (Phi) is 11.5. The van der Waals surface area contributed by atoms with Gasteiger partial charge >= 0.3 is 0 Å². The largest absolute Gasteiger partial charge is 0.377 e. The van der Waals surface area contributed by atoms with Crippen molar-refractivity contribution in [3.8, 4) is 0 Å². The number of nitrogens with one attached hydrogen (secondary N) is 1. The summed E-state index contributed by atoms with van der Waals surface area (Å²) >= 11 is 0. The average Bonchev–Trinajstić information content (AvgIpc) is 2.44. The van der Waals surface area contributed by atoms with Crippen LogP contribution in [0.25, 0.3) is 0 Å². The van der Waals surface area contributed by atoms with Crippen molar-refractivity contribution in [3.05, 3.63) is 0 Å². The van der Waals surface area contributed by atoms with Crippen molar-refractivity contribution >= 4 is 29.9 Å². The third kappa shape index (κ3) is 8.56. The third-order valence-electron chi connectivity index (χ3n) is 4.13. The fourth-order valence-electron chi connectivity index (χ4n) is 3.03. The lowest BCUT2D eigenvalue weighted by Gasteiger charge is -2.39. The fourth-order valence-corrected chi connectivity index (χ4v) is 3.03. The molecule has 1 rings (SSSR count). The molecule has 4 nitrogen and oxygen atoms in total. The number of unbranched alkanes of at least 4 members (excludes halogenated alkanes) is 3. The van der Waals surface area contributed by atoms with Crippen LogP contribution in [0.1, 0.15) is 66.2 Å². The second-order valence-corrected chi connectivity index (χ2v) is 7.27. The van der Waals surface area contributed by atoms with Crippen molar-refractivity contribution in [2.75, 3.05) is 19.7 Å². The predicted octanol–water partition coefficient (Wildman–Crippen LogP) is 3.93. The second-order valence-electron chi connectivity index (χ2n) is 7.27. The summed E-state index contributed by atoms with van der Waals surface area (Å²) in [5.74, 6) is 1.07. The molecule has 1 saturated heterocycles. The summed E-state index contributed by atoms with van der Waals surface area (Å²) in [4.78, 5) is 4.53. The van der Waals surface area contributed by atoms with Crippen molar-refractivity contribution < 1.29 is 4.74 Å². The van der Waals surface area contributed by atoms with E-state index in [-0.39, 0.29) is 35.5 Å². The maximum Gasteiger partial charge on any atom is 0.188 e. The van der Waals surface area contributed by atoms with Crippen LogP contribution < -0.4 is 11.1 Å². The van der Waals surface area contributed by atoms with E-state index in [2.05, 4.69) is 38.0 Å². The zero-order chi connectivity index (χ0) is 15.7. The Balaban J connectivity index is 0.00000441. The van der Waals surface area contributed by atoms with Gasteiger partial charge in [0.25, 0.3) is 0 Å². The van der Waals surface area contributed by atoms with E-state index in [1.807, 2.05) is 0 Å². The number of rotatable bonds is 7. The first-order chi connectivity index (χ1) is 9.95. The first-order valence-corrected chi connectivity index (χ1v) is 8.60. The number of guanidine groups is 1. The highest BCUT2D eigenvalue weighted by Crippen LogP contribution is 2.34. The molecule has 5 heteroatoms. The SMILES string of the molecule is CCCCCCNC(N)=NCC1CCCOC1C(C)(C)C.I. The van der Waals surface area contributed by atoms with Gasteiger partial charge < -0.3 is 15.8 Å². The molecule has 0 aliphatic carbocycles. The maximum absolute atomic E-state index is 5.98. The summed E-state index contributed by atoms with van der Waals surface area (Å²) in [7, 11) is 0. The van der Waals surface area contributed by atoms with E-state index < -0.39 is 0 Å². The third-order valence-corrected chi connectivity index (χ3v) is 4.13. The Morgan fingerprint density at radius 3 is 2.64 bits per heavy atom. The molecule has 3 N–H and O–H groups in total. The molecule has 1 fully saturated rings. The van der Waals surface area contributed by atoms with Crippen LogP contribution in [-0.4, -0.2) is 31.8 Å². The molecule has 0 aromatic rings. The Morgan fingerprint density at radius 2 is 2.00 bits per heavy atom. The number of hydrogen-bond acceptors (Lipinski definition) is 2. The monoisotopic (exact) mass is 425 g/mol. The van der Waals surface area contributed by atoms with Crippen molar-refractivity contribution in [2.45, 2.75) is 72.3 Å². The summed E-state index contributed by atoms with van der Waals surface area (Å²) < 4.78 is 5.98. The smallest absolute Gasteiger partial charge is 0.188 e. The molecule has 1 heterocycles. The van der Waals surface area contributed by atoms with Crippen LogP contribution in [-0.2, 0) is 4.74 Å². The van der Waals surface area contributed by atoms with E-state index in [0.29, 0.717) is 11.9 Å². The molecule has 0 amide bonds. The van der Waals surface area contributed by atoms with E-state index in [0.717, 1.165) is 26.1 Å². The minimum atomic E-state index is 0. The Bertz CT molecular complexity index is 316. The van der Waals surface area contributed by atoms with Gasteiger partial charge in [-0.15, -0.1) is 24.0 Å². The first-order valence-electron chi connectivity index (χ1n) is 8.60. The minimum absolute atomic E-state index is 0. The van der Waals surface area contributed by atoms with E-state index in [4.69, 9.17) is 10.5 Å². The number of nitrogens with two attached hydrogens (primary N) is 1. The molecule has 0 saturated carbocycles. The van der Waals surface area contributed by atoms with E-state index in [1.165, 1.54) is 32.1 Å².